The minimum absolute atomic E-state index is 0.0386. The van der Waals surface area contributed by atoms with Gasteiger partial charge in [0.25, 0.3) is 0 Å². The summed E-state index contributed by atoms with van der Waals surface area (Å²) in [6.07, 6.45) is 2.01. The molecule has 2 aliphatic rings. The molecule has 1 amide bonds. The Morgan fingerprint density at radius 1 is 1.19 bits per heavy atom. The average molecular weight is 438 g/mol. The fraction of sp³-hybridized carbons (Fsp3) is 0.538. The summed E-state index contributed by atoms with van der Waals surface area (Å²) in [5.41, 5.74) is 3.14. The average Bonchev–Trinajstić information content (AvgIpc) is 3.04. The van der Waals surface area contributed by atoms with E-state index in [9.17, 15) is 4.79 Å². The zero-order valence-electron chi connectivity index (χ0n) is 19.3. The zero-order chi connectivity index (χ0) is 22.3. The lowest BCUT2D eigenvalue weighted by molar-refractivity contribution is -0.138. The van der Waals surface area contributed by atoms with Crippen molar-refractivity contribution in [3.63, 3.8) is 0 Å². The SMILES string of the molecule is CC(C)CN(Cc1ccc2c(n1)OCCOC2)C(=O)C1CCCN(Cc2ccccc2)C1. The van der Waals surface area contributed by atoms with Crippen LogP contribution in [0.1, 0.15) is 43.5 Å². The van der Waals surface area contributed by atoms with Gasteiger partial charge in [-0.05, 0) is 43.0 Å². The fourth-order valence-electron chi connectivity index (χ4n) is 4.58. The minimum atomic E-state index is 0.0386. The number of hydrogen-bond acceptors (Lipinski definition) is 5. The van der Waals surface area contributed by atoms with Crippen LogP contribution in [0.2, 0.25) is 0 Å². The molecule has 32 heavy (non-hydrogen) atoms. The minimum Gasteiger partial charge on any atom is -0.475 e. The van der Waals surface area contributed by atoms with Crippen LogP contribution in [-0.4, -0.2) is 53.5 Å². The summed E-state index contributed by atoms with van der Waals surface area (Å²) in [4.78, 5) is 22.7. The van der Waals surface area contributed by atoms with Crippen LogP contribution < -0.4 is 4.74 Å². The first-order chi connectivity index (χ1) is 15.6. The van der Waals surface area contributed by atoms with Crippen molar-refractivity contribution in [2.75, 3.05) is 32.8 Å². The lowest BCUT2D eigenvalue weighted by Crippen LogP contribution is -2.45. The van der Waals surface area contributed by atoms with Crippen molar-refractivity contribution in [3.05, 3.63) is 59.3 Å². The number of benzene rings is 1. The second kappa shape index (κ2) is 10.9. The highest BCUT2D eigenvalue weighted by atomic mass is 16.5. The first-order valence-electron chi connectivity index (χ1n) is 11.8. The van der Waals surface area contributed by atoms with E-state index in [0.29, 0.717) is 38.2 Å². The summed E-state index contributed by atoms with van der Waals surface area (Å²) in [6.45, 7) is 9.95. The molecule has 1 aromatic carbocycles. The Balaban J connectivity index is 1.44. The molecule has 0 spiro atoms. The van der Waals surface area contributed by atoms with Crippen molar-refractivity contribution in [2.24, 2.45) is 11.8 Å². The largest absolute Gasteiger partial charge is 0.475 e. The molecule has 1 unspecified atom stereocenters. The van der Waals surface area contributed by atoms with E-state index in [1.54, 1.807) is 0 Å². The number of carbonyl (C=O) groups excluding carboxylic acids is 1. The maximum atomic E-state index is 13.6. The van der Waals surface area contributed by atoms with Crippen LogP contribution in [-0.2, 0) is 29.2 Å². The number of piperidine rings is 1. The molecule has 6 nitrogen and oxygen atoms in total. The van der Waals surface area contributed by atoms with Crippen LogP contribution in [0.5, 0.6) is 5.88 Å². The van der Waals surface area contributed by atoms with E-state index < -0.39 is 0 Å². The molecule has 0 bridgehead atoms. The molecular formula is C26H35N3O3. The lowest BCUT2D eigenvalue weighted by atomic mass is 9.95. The molecule has 0 aliphatic carbocycles. The Hall–Kier alpha value is -2.44. The van der Waals surface area contributed by atoms with Crippen LogP contribution in [0.3, 0.4) is 0 Å². The molecule has 0 N–H and O–H groups in total. The number of carbonyl (C=O) groups is 1. The topological polar surface area (TPSA) is 54.9 Å². The van der Waals surface area contributed by atoms with Crippen molar-refractivity contribution < 1.29 is 14.3 Å². The number of hydrogen-bond donors (Lipinski definition) is 0. The summed E-state index contributed by atoms with van der Waals surface area (Å²) in [5.74, 6) is 1.33. The lowest BCUT2D eigenvalue weighted by Gasteiger charge is -2.35. The molecule has 1 saturated heterocycles. The second-order valence-corrected chi connectivity index (χ2v) is 9.34. The third-order valence-corrected chi connectivity index (χ3v) is 6.07. The van der Waals surface area contributed by atoms with Gasteiger partial charge in [-0.1, -0.05) is 44.2 Å². The Kier molecular flexibility index (Phi) is 7.76. The van der Waals surface area contributed by atoms with Crippen molar-refractivity contribution in [1.29, 1.82) is 0 Å². The summed E-state index contributed by atoms with van der Waals surface area (Å²) in [7, 11) is 0. The van der Waals surface area contributed by atoms with Gasteiger partial charge in [-0.25, -0.2) is 4.98 Å². The molecule has 1 aromatic heterocycles. The molecule has 1 fully saturated rings. The van der Waals surface area contributed by atoms with E-state index in [4.69, 9.17) is 14.5 Å². The number of amides is 1. The molecule has 2 aliphatic heterocycles. The Morgan fingerprint density at radius 3 is 2.84 bits per heavy atom. The standard InChI is InChI=1S/C26H35N3O3/c1-20(2)15-29(18-24-11-10-23-19-31-13-14-32-25(23)27-24)26(30)22-9-6-12-28(17-22)16-21-7-4-3-5-8-21/h3-5,7-8,10-11,20,22H,6,9,12-19H2,1-2H3. The first kappa shape index (κ1) is 22.7. The number of fused-ring (bicyclic) bond motifs is 1. The van der Waals surface area contributed by atoms with Gasteiger partial charge >= 0.3 is 0 Å². The van der Waals surface area contributed by atoms with Crippen LogP contribution in [0, 0.1) is 11.8 Å². The third-order valence-electron chi connectivity index (χ3n) is 6.07. The van der Waals surface area contributed by atoms with Crippen molar-refractivity contribution in [2.45, 2.75) is 46.4 Å². The highest BCUT2D eigenvalue weighted by Crippen LogP contribution is 2.24. The van der Waals surface area contributed by atoms with E-state index in [-0.39, 0.29) is 11.8 Å². The van der Waals surface area contributed by atoms with Crippen LogP contribution >= 0.6 is 0 Å². The second-order valence-electron chi connectivity index (χ2n) is 9.34. The van der Waals surface area contributed by atoms with Crippen molar-refractivity contribution >= 4 is 5.91 Å². The maximum absolute atomic E-state index is 13.6. The highest BCUT2D eigenvalue weighted by Gasteiger charge is 2.30. The zero-order valence-corrected chi connectivity index (χ0v) is 19.3. The summed E-state index contributed by atoms with van der Waals surface area (Å²) >= 11 is 0. The maximum Gasteiger partial charge on any atom is 0.227 e. The molecule has 1 atom stereocenters. The van der Waals surface area contributed by atoms with E-state index >= 15 is 0 Å². The van der Waals surface area contributed by atoms with Gasteiger partial charge in [0.1, 0.15) is 6.61 Å². The predicted octanol–water partition coefficient (Wildman–Crippen LogP) is 3.89. The molecular weight excluding hydrogens is 402 g/mol. The molecule has 0 saturated carbocycles. The monoisotopic (exact) mass is 437 g/mol. The van der Waals surface area contributed by atoms with Gasteiger partial charge < -0.3 is 14.4 Å². The van der Waals surface area contributed by atoms with E-state index in [2.05, 4.69) is 43.0 Å². The molecule has 172 valence electrons. The van der Waals surface area contributed by atoms with Crippen molar-refractivity contribution in [1.82, 2.24) is 14.8 Å². The molecule has 2 aromatic rings. The highest BCUT2D eigenvalue weighted by molar-refractivity contribution is 5.79. The Bertz CT molecular complexity index is 887. The Morgan fingerprint density at radius 2 is 2.03 bits per heavy atom. The van der Waals surface area contributed by atoms with Gasteiger partial charge in [0.05, 0.1) is 31.4 Å². The summed E-state index contributed by atoms with van der Waals surface area (Å²) in [6, 6.07) is 14.5. The van der Waals surface area contributed by atoms with Crippen LogP contribution in [0.4, 0.5) is 0 Å². The Labute approximate surface area is 191 Å². The summed E-state index contributed by atoms with van der Waals surface area (Å²) in [5, 5.41) is 0. The van der Waals surface area contributed by atoms with E-state index in [0.717, 1.165) is 50.3 Å². The normalized spacial score (nSPS) is 19.2. The number of aromatic nitrogens is 1. The van der Waals surface area contributed by atoms with Gasteiger partial charge in [-0.3, -0.25) is 9.69 Å². The van der Waals surface area contributed by atoms with Gasteiger partial charge in [0, 0.05) is 25.2 Å². The first-order valence-corrected chi connectivity index (χ1v) is 11.8. The third kappa shape index (κ3) is 6.08. The predicted molar refractivity (Wildman–Crippen MR) is 124 cm³/mol. The molecule has 6 heteroatoms. The molecule has 4 rings (SSSR count). The number of rotatable bonds is 7. The number of likely N-dealkylation sites (tertiary alicyclic amines) is 1. The van der Waals surface area contributed by atoms with Gasteiger partial charge in [0.2, 0.25) is 11.8 Å². The van der Waals surface area contributed by atoms with Gasteiger partial charge in [-0.2, -0.15) is 0 Å². The smallest absolute Gasteiger partial charge is 0.227 e. The molecule has 3 heterocycles. The number of nitrogens with zero attached hydrogens (tertiary/aromatic N) is 3. The van der Waals surface area contributed by atoms with E-state index in [1.165, 1.54) is 5.56 Å². The van der Waals surface area contributed by atoms with Crippen molar-refractivity contribution in [3.8, 4) is 5.88 Å². The molecule has 0 radical (unpaired) electrons. The van der Waals surface area contributed by atoms with Crippen LogP contribution in [0.15, 0.2) is 42.5 Å². The summed E-state index contributed by atoms with van der Waals surface area (Å²) < 4.78 is 11.3. The quantitative estimate of drug-likeness (QED) is 0.658. The fourth-order valence-corrected chi connectivity index (χ4v) is 4.58. The van der Waals surface area contributed by atoms with E-state index in [1.807, 2.05) is 23.1 Å². The van der Waals surface area contributed by atoms with Gasteiger partial charge in [0.15, 0.2) is 0 Å². The number of ether oxygens (including phenoxy) is 2. The van der Waals surface area contributed by atoms with Crippen LogP contribution in [0.25, 0.3) is 0 Å². The number of pyridine rings is 1. The van der Waals surface area contributed by atoms with Gasteiger partial charge in [-0.15, -0.1) is 0 Å².